The van der Waals surface area contributed by atoms with Crippen LogP contribution in [0.5, 0.6) is 5.75 Å². The second-order valence-electron chi connectivity index (χ2n) is 5.45. The molecule has 1 aromatic heterocycles. The van der Waals surface area contributed by atoms with Crippen LogP contribution in [0.15, 0.2) is 22.6 Å². The number of aryl methyl sites for hydroxylation is 2. The number of para-hydroxylation sites is 1. The zero-order valence-electron chi connectivity index (χ0n) is 12.6. The van der Waals surface area contributed by atoms with Gasteiger partial charge < -0.3 is 14.5 Å². The van der Waals surface area contributed by atoms with Gasteiger partial charge in [-0.3, -0.25) is 0 Å². The summed E-state index contributed by atoms with van der Waals surface area (Å²) in [5.74, 6) is 2.09. The molecule has 3 rings (SSSR count). The second kappa shape index (κ2) is 6.26. The molecule has 0 unspecified atom stereocenters. The normalized spacial score (nSPS) is 14.4. The van der Waals surface area contributed by atoms with Crippen molar-refractivity contribution in [2.75, 3.05) is 0 Å². The van der Waals surface area contributed by atoms with Crippen molar-refractivity contribution in [1.29, 1.82) is 0 Å². The van der Waals surface area contributed by atoms with Crippen molar-refractivity contribution in [3.63, 3.8) is 0 Å². The van der Waals surface area contributed by atoms with Crippen molar-refractivity contribution in [2.45, 2.75) is 52.3 Å². The van der Waals surface area contributed by atoms with E-state index < -0.39 is 0 Å². The van der Waals surface area contributed by atoms with Crippen molar-refractivity contribution in [3.8, 4) is 5.75 Å². The van der Waals surface area contributed by atoms with Gasteiger partial charge in [0, 0.05) is 24.6 Å². The number of ether oxygens (including phenoxy) is 1. The van der Waals surface area contributed by atoms with Crippen molar-refractivity contribution >= 4 is 0 Å². The average Bonchev–Trinajstić information content (AvgIpc) is 3.21. The Kier molecular flexibility index (Phi) is 4.20. The predicted octanol–water partition coefficient (Wildman–Crippen LogP) is 2.77. The molecule has 1 fully saturated rings. The summed E-state index contributed by atoms with van der Waals surface area (Å²) in [6.07, 6.45) is 3.31. The average molecular weight is 287 g/mol. The van der Waals surface area contributed by atoms with E-state index >= 15 is 0 Å². The number of benzene rings is 1. The molecular weight excluding hydrogens is 266 g/mol. The molecule has 1 aliphatic carbocycles. The van der Waals surface area contributed by atoms with Gasteiger partial charge in [0.2, 0.25) is 5.89 Å². The molecule has 5 nitrogen and oxygen atoms in total. The molecule has 0 radical (unpaired) electrons. The number of nitrogens with one attached hydrogen (secondary N) is 1. The van der Waals surface area contributed by atoms with Crippen molar-refractivity contribution < 1.29 is 9.15 Å². The van der Waals surface area contributed by atoms with E-state index in [4.69, 9.17) is 9.15 Å². The third-order valence-corrected chi connectivity index (χ3v) is 3.60. The first kappa shape index (κ1) is 14.1. The zero-order chi connectivity index (χ0) is 14.7. The van der Waals surface area contributed by atoms with Crippen molar-refractivity contribution in [3.05, 3.63) is 41.1 Å². The smallest absolute Gasteiger partial charge is 0.253 e. The first-order chi connectivity index (χ1) is 10.3. The van der Waals surface area contributed by atoms with Gasteiger partial charge in [-0.15, -0.1) is 10.2 Å². The zero-order valence-corrected chi connectivity index (χ0v) is 12.6. The largest absolute Gasteiger partial charge is 0.483 e. The Morgan fingerprint density at radius 1 is 1.29 bits per heavy atom. The van der Waals surface area contributed by atoms with Crippen LogP contribution in [-0.2, 0) is 19.6 Å². The van der Waals surface area contributed by atoms with Crippen LogP contribution < -0.4 is 10.1 Å². The molecule has 1 heterocycles. The molecule has 2 aromatic rings. The summed E-state index contributed by atoms with van der Waals surface area (Å²) in [7, 11) is 0. The highest BCUT2D eigenvalue weighted by atomic mass is 16.5. The molecule has 0 saturated heterocycles. The van der Waals surface area contributed by atoms with E-state index in [0.29, 0.717) is 24.4 Å². The van der Waals surface area contributed by atoms with E-state index in [0.717, 1.165) is 24.3 Å². The van der Waals surface area contributed by atoms with Gasteiger partial charge >= 0.3 is 0 Å². The standard InChI is InChI=1S/C16H21N3O2/c1-3-14-18-19-15(21-14)10-20-16-11(2)5-4-6-12(16)9-17-13-7-8-13/h4-6,13,17H,3,7-10H2,1-2H3. The molecule has 0 atom stereocenters. The maximum absolute atomic E-state index is 5.93. The third kappa shape index (κ3) is 3.61. The lowest BCUT2D eigenvalue weighted by molar-refractivity contribution is 0.255. The summed E-state index contributed by atoms with van der Waals surface area (Å²) in [6, 6.07) is 6.90. The Hall–Kier alpha value is -1.88. The van der Waals surface area contributed by atoms with Gasteiger partial charge in [-0.1, -0.05) is 25.1 Å². The number of hydrogen-bond acceptors (Lipinski definition) is 5. The van der Waals surface area contributed by atoms with Gasteiger partial charge in [-0.05, 0) is 25.3 Å². The third-order valence-electron chi connectivity index (χ3n) is 3.60. The Balaban J connectivity index is 1.67. The van der Waals surface area contributed by atoms with E-state index in [1.54, 1.807) is 0 Å². The fraction of sp³-hybridized carbons (Fsp3) is 0.500. The molecule has 0 bridgehead atoms. The van der Waals surface area contributed by atoms with E-state index in [2.05, 4.69) is 40.6 Å². The van der Waals surface area contributed by atoms with Gasteiger partial charge in [0.25, 0.3) is 5.89 Å². The molecule has 5 heteroatoms. The van der Waals surface area contributed by atoms with Gasteiger partial charge in [0.15, 0.2) is 6.61 Å². The molecule has 112 valence electrons. The first-order valence-corrected chi connectivity index (χ1v) is 7.52. The summed E-state index contributed by atoms with van der Waals surface area (Å²) >= 11 is 0. The minimum absolute atomic E-state index is 0.314. The molecule has 0 aliphatic heterocycles. The van der Waals surface area contributed by atoms with E-state index in [1.807, 2.05) is 6.92 Å². The van der Waals surface area contributed by atoms with E-state index in [9.17, 15) is 0 Å². The lowest BCUT2D eigenvalue weighted by Gasteiger charge is -2.13. The fourth-order valence-electron chi connectivity index (χ4n) is 2.22. The summed E-state index contributed by atoms with van der Waals surface area (Å²) in [5.41, 5.74) is 2.30. The van der Waals surface area contributed by atoms with Crippen LogP contribution >= 0.6 is 0 Å². The van der Waals surface area contributed by atoms with Crippen LogP contribution in [0.4, 0.5) is 0 Å². The topological polar surface area (TPSA) is 60.2 Å². The van der Waals surface area contributed by atoms with Crippen LogP contribution in [0.3, 0.4) is 0 Å². The maximum Gasteiger partial charge on any atom is 0.253 e. The minimum atomic E-state index is 0.314. The lowest BCUT2D eigenvalue weighted by Crippen LogP contribution is -2.16. The summed E-state index contributed by atoms with van der Waals surface area (Å²) in [4.78, 5) is 0. The van der Waals surface area contributed by atoms with Crippen LogP contribution in [0.1, 0.15) is 42.7 Å². The second-order valence-corrected chi connectivity index (χ2v) is 5.45. The molecule has 1 aliphatic rings. The van der Waals surface area contributed by atoms with Crippen LogP contribution in [0, 0.1) is 6.92 Å². The predicted molar refractivity (Wildman–Crippen MR) is 79.0 cm³/mol. The van der Waals surface area contributed by atoms with Crippen LogP contribution in [0.25, 0.3) is 0 Å². The molecule has 1 N–H and O–H groups in total. The SMILES string of the molecule is CCc1nnc(COc2c(C)cccc2CNC2CC2)o1. The number of nitrogens with zero attached hydrogens (tertiary/aromatic N) is 2. The maximum atomic E-state index is 5.93. The number of hydrogen-bond donors (Lipinski definition) is 1. The van der Waals surface area contributed by atoms with Crippen molar-refractivity contribution in [2.24, 2.45) is 0 Å². The lowest BCUT2D eigenvalue weighted by atomic mass is 10.1. The van der Waals surface area contributed by atoms with Crippen LogP contribution in [-0.4, -0.2) is 16.2 Å². The Labute approximate surface area is 124 Å². The van der Waals surface area contributed by atoms with Crippen molar-refractivity contribution in [1.82, 2.24) is 15.5 Å². The number of rotatable bonds is 7. The Bertz CT molecular complexity index is 605. The highest BCUT2D eigenvalue weighted by Crippen LogP contribution is 2.26. The summed E-state index contributed by atoms with van der Waals surface area (Å²) in [6.45, 7) is 5.20. The minimum Gasteiger partial charge on any atom is -0.483 e. The van der Waals surface area contributed by atoms with Gasteiger partial charge in [-0.25, -0.2) is 0 Å². The monoisotopic (exact) mass is 287 g/mol. The molecule has 0 amide bonds. The molecule has 21 heavy (non-hydrogen) atoms. The van der Waals surface area contributed by atoms with Crippen LogP contribution in [0.2, 0.25) is 0 Å². The summed E-state index contributed by atoms with van der Waals surface area (Å²) < 4.78 is 11.4. The molecule has 0 spiro atoms. The number of aromatic nitrogens is 2. The van der Waals surface area contributed by atoms with Gasteiger partial charge in [-0.2, -0.15) is 0 Å². The highest BCUT2D eigenvalue weighted by Gasteiger charge is 2.21. The van der Waals surface area contributed by atoms with E-state index in [-0.39, 0.29) is 0 Å². The quantitative estimate of drug-likeness (QED) is 0.848. The fourth-order valence-corrected chi connectivity index (χ4v) is 2.22. The summed E-state index contributed by atoms with van der Waals surface area (Å²) in [5, 5.41) is 11.5. The Morgan fingerprint density at radius 2 is 2.10 bits per heavy atom. The Morgan fingerprint density at radius 3 is 2.81 bits per heavy atom. The molecule has 1 saturated carbocycles. The van der Waals surface area contributed by atoms with Gasteiger partial charge in [0.05, 0.1) is 0 Å². The first-order valence-electron chi connectivity index (χ1n) is 7.52. The highest BCUT2D eigenvalue weighted by molar-refractivity contribution is 5.40. The van der Waals surface area contributed by atoms with E-state index in [1.165, 1.54) is 18.4 Å². The molecular formula is C16H21N3O2. The molecule has 1 aromatic carbocycles. The van der Waals surface area contributed by atoms with Gasteiger partial charge in [0.1, 0.15) is 5.75 Å².